The second kappa shape index (κ2) is 8.51. The molecule has 0 bridgehead atoms. The minimum atomic E-state index is -0.358. The topological polar surface area (TPSA) is 61.9 Å². The van der Waals surface area contributed by atoms with E-state index in [4.69, 9.17) is 4.74 Å². The number of thiophene rings is 1. The van der Waals surface area contributed by atoms with Crippen molar-refractivity contribution in [1.82, 2.24) is 0 Å². The van der Waals surface area contributed by atoms with E-state index in [1.54, 1.807) is 7.11 Å². The number of carbonyl (C=O) groups is 2. The minimum absolute atomic E-state index is 0.284. The molecule has 2 amide bonds. The lowest BCUT2D eigenvalue weighted by Crippen LogP contribution is -2.32. The number of nitrogens with zero attached hydrogens (tertiary/aromatic N) is 2. The molecule has 2 aliphatic rings. The lowest BCUT2D eigenvalue weighted by atomic mass is 10.2. The number of ether oxygens (including phenoxy) is 1. The molecule has 1 aromatic heterocycles. The van der Waals surface area contributed by atoms with Crippen LogP contribution in [0.1, 0.15) is 17.7 Å². The van der Waals surface area contributed by atoms with Crippen molar-refractivity contribution in [2.24, 2.45) is 0 Å². The summed E-state index contributed by atoms with van der Waals surface area (Å²) in [5, 5.41) is 5.08. The molecule has 32 heavy (non-hydrogen) atoms. The summed E-state index contributed by atoms with van der Waals surface area (Å²) < 4.78 is 5.21. The monoisotopic (exact) mass is 445 g/mol. The van der Waals surface area contributed by atoms with E-state index in [9.17, 15) is 9.59 Å². The highest BCUT2D eigenvalue weighted by atomic mass is 32.1. The van der Waals surface area contributed by atoms with E-state index in [2.05, 4.69) is 10.2 Å². The predicted octanol–water partition coefficient (Wildman–Crippen LogP) is 4.75. The van der Waals surface area contributed by atoms with Crippen LogP contribution in [0, 0.1) is 0 Å². The molecule has 2 aromatic carbocycles. The lowest BCUT2D eigenvalue weighted by Gasteiger charge is -2.20. The average molecular weight is 446 g/mol. The Morgan fingerprint density at radius 2 is 1.56 bits per heavy atom. The van der Waals surface area contributed by atoms with Gasteiger partial charge in [0, 0.05) is 29.3 Å². The summed E-state index contributed by atoms with van der Waals surface area (Å²) in [6.45, 7) is 2.09. The van der Waals surface area contributed by atoms with E-state index in [0.29, 0.717) is 16.9 Å². The van der Waals surface area contributed by atoms with Crippen LogP contribution in [0.5, 0.6) is 5.75 Å². The van der Waals surface area contributed by atoms with Gasteiger partial charge in [-0.05, 0) is 72.8 Å². The Kier molecular flexibility index (Phi) is 5.41. The summed E-state index contributed by atoms with van der Waals surface area (Å²) in [6, 6.07) is 18.7. The third-order valence-corrected chi connectivity index (χ3v) is 6.68. The first kappa shape index (κ1) is 20.3. The average Bonchev–Trinajstić information content (AvgIpc) is 3.57. The second-order valence-corrected chi connectivity index (χ2v) is 8.68. The Hall–Kier alpha value is -3.58. The lowest BCUT2D eigenvalue weighted by molar-refractivity contribution is -0.120. The number of hydrogen-bond acceptors (Lipinski definition) is 6. The molecule has 6 nitrogen and oxygen atoms in total. The Morgan fingerprint density at radius 1 is 0.875 bits per heavy atom. The van der Waals surface area contributed by atoms with Crippen molar-refractivity contribution in [1.29, 1.82) is 0 Å². The van der Waals surface area contributed by atoms with Crippen LogP contribution < -0.4 is 19.9 Å². The number of imide groups is 1. The largest absolute Gasteiger partial charge is 0.497 e. The van der Waals surface area contributed by atoms with Crippen LogP contribution in [0.3, 0.4) is 0 Å². The number of hydrogen-bond donors (Lipinski definition) is 1. The van der Waals surface area contributed by atoms with Crippen LogP contribution in [0.15, 0.2) is 71.7 Å². The maximum Gasteiger partial charge on any atom is 0.282 e. The van der Waals surface area contributed by atoms with Gasteiger partial charge in [-0.15, -0.1) is 11.3 Å². The highest BCUT2D eigenvalue weighted by Gasteiger charge is 2.40. The smallest absolute Gasteiger partial charge is 0.282 e. The molecule has 0 saturated carbocycles. The first-order valence-corrected chi connectivity index (χ1v) is 11.5. The highest BCUT2D eigenvalue weighted by molar-refractivity contribution is 7.11. The van der Waals surface area contributed by atoms with Crippen LogP contribution >= 0.6 is 11.3 Å². The number of benzene rings is 2. The second-order valence-electron chi connectivity index (χ2n) is 7.74. The van der Waals surface area contributed by atoms with Crippen molar-refractivity contribution in [2.75, 3.05) is 35.3 Å². The third-order valence-electron chi connectivity index (χ3n) is 5.79. The van der Waals surface area contributed by atoms with Gasteiger partial charge in [0.25, 0.3) is 11.8 Å². The zero-order valence-electron chi connectivity index (χ0n) is 17.7. The van der Waals surface area contributed by atoms with Gasteiger partial charge in [-0.1, -0.05) is 6.07 Å². The van der Waals surface area contributed by atoms with Crippen molar-refractivity contribution in [2.45, 2.75) is 12.8 Å². The Morgan fingerprint density at radius 3 is 2.19 bits per heavy atom. The maximum absolute atomic E-state index is 13.4. The van der Waals surface area contributed by atoms with Crippen LogP contribution in [-0.2, 0) is 9.59 Å². The van der Waals surface area contributed by atoms with Crippen LogP contribution in [0.2, 0.25) is 0 Å². The first-order chi connectivity index (χ1) is 15.7. The molecular weight excluding hydrogens is 422 g/mol. The predicted molar refractivity (Wildman–Crippen MR) is 128 cm³/mol. The van der Waals surface area contributed by atoms with Crippen molar-refractivity contribution in [3.8, 4) is 5.75 Å². The fourth-order valence-electron chi connectivity index (χ4n) is 4.14. The van der Waals surface area contributed by atoms with E-state index in [1.807, 2.05) is 66.0 Å². The fraction of sp³-hybridized carbons (Fsp3) is 0.200. The molecule has 0 radical (unpaired) electrons. The van der Waals surface area contributed by atoms with E-state index < -0.39 is 0 Å². The van der Waals surface area contributed by atoms with Crippen molar-refractivity contribution in [3.63, 3.8) is 0 Å². The number of nitrogens with one attached hydrogen (secondary N) is 1. The fourth-order valence-corrected chi connectivity index (χ4v) is 4.90. The quantitative estimate of drug-likeness (QED) is 0.555. The zero-order valence-corrected chi connectivity index (χ0v) is 18.5. The summed E-state index contributed by atoms with van der Waals surface area (Å²) in [6.07, 6.45) is 2.39. The summed E-state index contributed by atoms with van der Waals surface area (Å²) in [7, 11) is 1.60. The van der Waals surface area contributed by atoms with Crippen molar-refractivity contribution in [3.05, 3.63) is 76.6 Å². The molecule has 0 aliphatic carbocycles. The normalized spacial score (nSPS) is 16.3. The van der Waals surface area contributed by atoms with E-state index in [-0.39, 0.29) is 17.5 Å². The van der Waals surface area contributed by atoms with Crippen LogP contribution in [-0.4, -0.2) is 32.0 Å². The van der Waals surface area contributed by atoms with Gasteiger partial charge in [0.2, 0.25) is 0 Å². The minimum Gasteiger partial charge on any atom is -0.497 e. The van der Waals surface area contributed by atoms with Gasteiger partial charge in [-0.3, -0.25) is 9.59 Å². The molecule has 0 spiro atoms. The number of methoxy groups -OCH3 is 1. The van der Waals surface area contributed by atoms with Gasteiger partial charge in [-0.2, -0.15) is 0 Å². The molecule has 0 atom stereocenters. The molecule has 2 aliphatic heterocycles. The molecule has 7 heteroatoms. The molecule has 1 saturated heterocycles. The van der Waals surface area contributed by atoms with Gasteiger partial charge in [0.1, 0.15) is 11.4 Å². The van der Waals surface area contributed by atoms with Crippen LogP contribution in [0.25, 0.3) is 5.57 Å². The SMILES string of the molecule is COc1ccc(NC2=C(c3cccs3)C(=O)N(c3ccc(N4CCCC4)cc3)C2=O)cc1. The Labute approximate surface area is 190 Å². The maximum atomic E-state index is 13.4. The number of anilines is 3. The van der Waals surface area contributed by atoms with E-state index in [1.165, 1.54) is 29.1 Å². The molecule has 3 aromatic rings. The van der Waals surface area contributed by atoms with Gasteiger partial charge in [0.15, 0.2) is 0 Å². The highest BCUT2D eigenvalue weighted by Crippen LogP contribution is 2.36. The van der Waals surface area contributed by atoms with Crippen molar-refractivity contribution < 1.29 is 14.3 Å². The molecule has 162 valence electrons. The zero-order chi connectivity index (χ0) is 22.1. The molecule has 1 fully saturated rings. The molecule has 5 rings (SSSR count). The van der Waals surface area contributed by atoms with E-state index in [0.717, 1.165) is 29.4 Å². The van der Waals surface area contributed by atoms with Gasteiger partial charge in [0.05, 0.1) is 18.4 Å². The summed E-state index contributed by atoms with van der Waals surface area (Å²) in [5.74, 6) is 0.0436. The molecule has 0 unspecified atom stereocenters. The Balaban J connectivity index is 1.47. The van der Waals surface area contributed by atoms with Gasteiger partial charge >= 0.3 is 0 Å². The molecule has 3 heterocycles. The van der Waals surface area contributed by atoms with Gasteiger partial charge in [-0.25, -0.2) is 4.90 Å². The van der Waals surface area contributed by atoms with Crippen LogP contribution in [0.4, 0.5) is 17.1 Å². The standard InChI is InChI=1S/C25H23N3O3S/c1-31-20-12-6-17(7-13-20)26-23-22(21-5-4-16-32-21)24(29)28(25(23)30)19-10-8-18(9-11-19)27-14-2-3-15-27/h4-13,16,26H,2-3,14-15H2,1H3. The Bertz CT molecular complexity index is 1160. The third kappa shape index (κ3) is 3.65. The first-order valence-electron chi connectivity index (χ1n) is 10.6. The molecule has 1 N–H and O–H groups in total. The van der Waals surface area contributed by atoms with E-state index >= 15 is 0 Å². The number of amides is 2. The van der Waals surface area contributed by atoms with Crippen molar-refractivity contribution >= 4 is 45.8 Å². The molecular formula is C25H23N3O3S. The number of carbonyl (C=O) groups excluding carboxylic acids is 2. The summed E-state index contributed by atoms with van der Waals surface area (Å²) >= 11 is 1.44. The summed E-state index contributed by atoms with van der Waals surface area (Å²) in [4.78, 5) is 31.2. The summed E-state index contributed by atoms with van der Waals surface area (Å²) in [5.41, 5.74) is 3.08. The number of rotatable bonds is 6. The van der Waals surface area contributed by atoms with Gasteiger partial charge < -0.3 is 15.0 Å².